The Labute approximate surface area is 152 Å². The summed E-state index contributed by atoms with van der Waals surface area (Å²) in [6.45, 7) is 0. The van der Waals surface area contributed by atoms with Crippen LogP contribution in [-0.4, -0.2) is 5.96 Å². The maximum atomic E-state index is 6.46. The van der Waals surface area contributed by atoms with Gasteiger partial charge in [-0.2, -0.15) is 0 Å². The molecule has 5 N–H and O–H groups in total. The zero-order valence-electron chi connectivity index (χ0n) is 11.9. The molecule has 0 aliphatic carbocycles. The smallest absolute Gasteiger partial charge is 0.195 e. The fraction of sp³-hybridized carbons (Fsp3) is 0.0625. The minimum absolute atomic E-state index is 0.212. The van der Waals surface area contributed by atoms with Crippen LogP contribution in [0.5, 0.6) is 0 Å². The first-order chi connectivity index (χ1) is 10.9. The van der Waals surface area contributed by atoms with Gasteiger partial charge < -0.3 is 11.1 Å². The second-order valence-corrected chi connectivity index (χ2v) is 6.90. The van der Waals surface area contributed by atoms with Gasteiger partial charge in [-0.05, 0) is 42.0 Å². The molecule has 1 atom stereocenters. The second kappa shape index (κ2) is 6.17. The molecule has 2 aromatic rings. The lowest BCUT2D eigenvalue weighted by Gasteiger charge is -2.29. The van der Waals surface area contributed by atoms with Crippen molar-refractivity contribution >= 4 is 50.8 Å². The van der Waals surface area contributed by atoms with Gasteiger partial charge in [-0.15, -0.1) is 0 Å². The number of guanidine groups is 1. The van der Waals surface area contributed by atoms with E-state index in [4.69, 9.17) is 34.7 Å². The summed E-state index contributed by atoms with van der Waals surface area (Å²) in [5.74, 6) is 0.212. The van der Waals surface area contributed by atoms with Crippen molar-refractivity contribution in [2.75, 3.05) is 0 Å². The number of benzene rings is 2. The van der Waals surface area contributed by atoms with Crippen LogP contribution in [0.3, 0.4) is 0 Å². The SMILES string of the molecule is NC1=NC(N)(c2ccc(Br)cc2)C=C(c2cc(Cl)ccc2Cl)N1. The van der Waals surface area contributed by atoms with Gasteiger partial charge in [-0.1, -0.05) is 51.3 Å². The van der Waals surface area contributed by atoms with E-state index in [9.17, 15) is 0 Å². The van der Waals surface area contributed by atoms with E-state index in [0.29, 0.717) is 21.3 Å². The van der Waals surface area contributed by atoms with Crippen molar-refractivity contribution in [2.24, 2.45) is 16.5 Å². The van der Waals surface area contributed by atoms with Crippen LogP contribution in [0.2, 0.25) is 10.0 Å². The van der Waals surface area contributed by atoms with E-state index in [0.717, 1.165) is 10.0 Å². The topological polar surface area (TPSA) is 76.4 Å². The van der Waals surface area contributed by atoms with Gasteiger partial charge in [0, 0.05) is 25.8 Å². The highest BCUT2D eigenvalue weighted by atomic mass is 79.9. The maximum absolute atomic E-state index is 6.46. The van der Waals surface area contributed by atoms with Crippen molar-refractivity contribution < 1.29 is 0 Å². The molecule has 0 radical (unpaired) electrons. The summed E-state index contributed by atoms with van der Waals surface area (Å²) in [4.78, 5) is 4.34. The van der Waals surface area contributed by atoms with E-state index in [1.54, 1.807) is 24.3 Å². The number of halogens is 3. The van der Waals surface area contributed by atoms with Crippen molar-refractivity contribution in [1.82, 2.24) is 5.32 Å². The summed E-state index contributed by atoms with van der Waals surface area (Å²) in [6, 6.07) is 12.8. The van der Waals surface area contributed by atoms with Crippen molar-refractivity contribution in [2.45, 2.75) is 5.66 Å². The summed E-state index contributed by atoms with van der Waals surface area (Å²) >= 11 is 15.7. The van der Waals surface area contributed by atoms with Gasteiger partial charge in [0.15, 0.2) is 11.6 Å². The number of hydrogen-bond donors (Lipinski definition) is 3. The van der Waals surface area contributed by atoms with E-state index in [-0.39, 0.29) is 5.96 Å². The predicted molar refractivity (Wildman–Crippen MR) is 99.2 cm³/mol. The molecule has 0 saturated heterocycles. The molecule has 1 aliphatic rings. The molecule has 0 aromatic heterocycles. The van der Waals surface area contributed by atoms with Gasteiger partial charge in [0.05, 0.1) is 0 Å². The lowest BCUT2D eigenvalue weighted by molar-refractivity contribution is 0.585. The van der Waals surface area contributed by atoms with Crippen molar-refractivity contribution in [3.05, 3.63) is 74.2 Å². The first-order valence-corrected chi connectivity index (χ1v) is 8.28. The molecule has 0 saturated carbocycles. The molecule has 1 aliphatic heterocycles. The lowest BCUT2D eigenvalue weighted by Crippen LogP contribution is -2.44. The van der Waals surface area contributed by atoms with Gasteiger partial charge in [-0.25, -0.2) is 4.99 Å². The van der Waals surface area contributed by atoms with Crippen molar-refractivity contribution in [1.29, 1.82) is 0 Å². The highest BCUT2D eigenvalue weighted by Crippen LogP contribution is 2.32. The molecular formula is C16H13BrCl2N4. The minimum Gasteiger partial charge on any atom is -0.370 e. The van der Waals surface area contributed by atoms with Crippen LogP contribution >= 0.6 is 39.1 Å². The van der Waals surface area contributed by atoms with Gasteiger partial charge in [-0.3, -0.25) is 5.73 Å². The first kappa shape index (κ1) is 16.3. The van der Waals surface area contributed by atoms with Crippen LogP contribution in [0.15, 0.2) is 58.0 Å². The molecule has 2 aromatic carbocycles. The quantitative estimate of drug-likeness (QED) is 0.702. The molecule has 0 amide bonds. The van der Waals surface area contributed by atoms with E-state index in [2.05, 4.69) is 26.2 Å². The summed E-state index contributed by atoms with van der Waals surface area (Å²) in [7, 11) is 0. The Morgan fingerprint density at radius 1 is 1.09 bits per heavy atom. The zero-order chi connectivity index (χ0) is 16.6. The molecule has 0 fully saturated rings. The van der Waals surface area contributed by atoms with Crippen molar-refractivity contribution in [3.63, 3.8) is 0 Å². The van der Waals surface area contributed by atoms with E-state index in [1.165, 1.54) is 0 Å². The number of nitrogens with one attached hydrogen (secondary N) is 1. The van der Waals surface area contributed by atoms with E-state index in [1.807, 2.05) is 24.3 Å². The molecule has 0 bridgehead atoms. The van der Waals surface area contributed by atoms with Crippen LogP contribution < -0.4 is 16.8 Å². The number of nitrogens with zero attached hydrogens (tertiary/aromatic N) is 1. The molecular weight excluding hydrogens is 399 g/mol. The van der Waals surface area contributed by atoms with Crippen LogP contribution in [0.25, 0.3) is 5.70 Å². The van der Waals surface area contributed by atoms with Gasteiger partial charge in [0.25, 0.3) is 0 Å². The van der Waals surface area contributed by atoms with E-state index < -0.39 is 5.66 Å². The molecule has 118 valence electrons. The number of nitrogens with two attached hydrogens (primary N) is 2. The third-order valence-electron chi connectivity index (χ3n) is 3.46. The standard InChI is InChI=1S/C16H13BrCl2N4/c17-10-3-1-9(2-4-10)16(21)8-14(22-15(20)23-16)12-7-11(18)5-6-13(12)19/h1-8H,21H2,(H3,20,22,23). The van der Waals surface area contributed by atoms with Gasteiger partial charge in [0.1, 0.15) is 0 Å². The second-order valence-electron chi connectivity index (χ2n) is 5.14. The van der Waals surface area contributed by atoms with Gasteiger partial charge >= 0.3 is 0 Å². The Morgan fingerprint density at radius 3 is 2.48 bits per heavy atom. The Hall–Kier alpha value is -1.53. The summed E-state index contributed by atoms with van der Waals surface area (Å²) in [6.07, 6.45) is 1.78. The molecule has 3 rings (SSSR count). The highest BCUT2D eigenvalue weighted by Gasteiger charge is 2.29. The Morgan fingerprint density at radius 2 is 1.78 bits per heavy atom. The first-order valence-electron chi connectivity index (χ1n) is 6.73. The predicted octanol–water partition coefficient (Wildman–Crippen LogP) is 3.83. The Balaban J connectivity index is 2.11. The number of hydrogen-bond acceptors (Lipinski definition) is 4. The number of aliphatic imine (C=N–C) groups is 1. The Kier molecular flexibility index (Phi) is 4.38. The summed E-state index contributed by atoms with van der Waals surface area (Å²) < 4.78 is 0.956. The largest absolute Gasteiger partial charge is 0.370 e. The lowest BCUT2D eigenvalue weighted by atomic mass is 9.96. The molecule has 23 heavy (non-hydrogen) atoms. The minimum atomic E-state index is -1.09. The zero-order valence-corrected chi connectivity index (χ0v) is 15.0. The van der Waals surface area contributed by atoms with Gasteiger partial charge in [0.2, 0.25) is 0 Å². The molecule has 7 heteroatoms. The van der Waals surface area contributed by atoms with Crippen LogP contribution in [-0.2, 0) is 5.66 Å². The van der Waals surface area contributed by atoms with Crippen LogP contribution in [0, 0.1) is 0 Å². The fourth-order valence-electron chi connectivity index (χ4n) is 2.37. The van der Waals surface area contributed by atoms with Crippen molar-refractivity contribution in [3.8, 4) is 0 Å². The van der Waals surface area contributed by atoms with Crippen LogP contribution in [0.1, 0.15) is 11.1 Å². The molecule has 1 unspecified atom stereocenters. The monoisotopic (exact) mass is 410 g/mol. The molecule has 0 spiro atoms. The van der Waals surface area contributed by atoms with Crippen LogP contribution in [0.4, 0.5) is 0 Å². The average Bonchev–Trinajstić information content (AvgIpc) is 2.49. The molecule has 4 nitrogen and oxygen atoms in total. The third kappa shape index (κ3) is 3.38. The maximum Gasteiger partial charge on any atom is 0.195 e. The third-order valence-corrected chi connectivity index (χ3v) is 4.55. The fourth-order valence-corrected chi connectivity index (χ4v) is 3.02. The normalized spacial score (nSPS) is 20.5. The molecule has 1 heterocycles. The summed E-state index contributed by atoms with van der Waals surface area (Å²) in [5, 5.41) is 4.11. The highest BCUT2D eigenvalue weighted by molar-refractivity contribution is 9.10. The average molecular weight is 412 g/mol. The number of rotatable bonds is 2. The van der Waals surface area contributed by atoms with E-state index >= 15 is 0 Å². The summed E-state index contributed by atoms with van der Waals surface area (Å²) in [5.41, 5.74) is 13.5. The Bertz CT molecular complexity index is 817.